The van der Waals surface area contributed by atoms with Crippen LogP contribution in [0.3, 0.4) is 0 Å². The highest BCUT2D eigenvalue weighted by molar-refractivity contribution is 6.04. The first-order valence-corrected chi connectivity index (χ1v) is 10.7. The molecule has 9 heteroatoms. The van der Waals surface area contributed by atoms with Crippen LogP contribution in [0.2, 0.25) is 0 Å². The number of benzene rings is 2. The zero-order valence-corrected chi connectivity index (χ0v) is 18.6. The lowest BCUT2D eigenvalue weighted by molar-refractivity contribution is -0.147. The number of para-hydroxylation sites is 1. The maximum atomic E-state index is 12.8. The summed E-state index contributed by atoms with van der Waals surface area (Å²) < 4.78 is 9.89. The summed E-state index contributed by atoms with van der Waals surface area (Å²) in [4.78, 5) is 48.6. The molecule has 176 valence electrons. The second kappa shape index (κ2) is 12.0. The van der Waals surface area contributed by atoms with Gasteiger partial charge in [-0.15, -0.1) is 0 Å². The van der Waals surface area contributed by atoms with Gasteiger partial charge in [0.15, 0.2) is 12.4 Å². The van der Waals surface area contributed by atoms with E-state index in [1.807, 2.05) is 37.3 Å². The Balaban J connectivity index is 1.46. The summed E-state index contributed by atoms with van der Waals surface area (Å²) in [5, 5.41) is 8.01. The van der Waals surface area contributed by atoms with E-state index in [1.165, 1.54) is 12.3 Å². The third kappa shape index (κ3) is 7.06. The fourth-order valence-electron chi connectivity index (χ4n) is 3.07. The van der Waals surface area contributed by atoms with Gasteiger partial charge in [-0.3, -0.25) is 19.2 Å². The Labute approximate surface area is 196 Å². The van der Waals surface area contributed by atoms with Crippen molar-refractivity contribution < 1.29 is 28.3 Å². The van der Waals surface area contributed by atoms with Crippen LogP contribution in [0.15, 0.2) is 77.4 Å². The van der Waals surface area contributed by atoms with Crippen LogP contribution in [-0.4, -0.2) is 36.8 Å². The molecule has 1 atom stereocenters. The maximum Gasteiger partial charge on any atom is 0.308 e. The lowest BCUT2D eigenvalue weighted by Crippen LogP contribution is -2.29. The van der Waals surface area contributed by atoms with Crippen LogP contribution in [0.1, 0.15) is 45.9 Å². The number of hydrogen-bond acceptors (Lipinski definition) is 6. The normalized spacial score (nSPS) is 11.2. The summed E-state index contributed by atoms with van der Waals surface area (Å²) in [5.41, 5.74) is 1.53. The van der Waals surface area contributed by atoms with Crippen molar-refractivity contribution in [2.45, 2.75) is 19.4 Å². The molecule has 0 saturated heterocycles. The van der Waals surface area contributed by atoms with Gasteiger partial charge < -0.3 is 25.1 Å². The molecule has 0 saturated carbocycles. The molecule has 0 fully saturated rings. The van der Waals surface area contributed by atoms with Crippen molar-refractivity contribution in [1.29, 1.82) is 0 Å². The number of rotatable bonds is 10. The molecule has 3 amide bonds. The SMILES string of the molecule is CC(NC(=O)c1ccccc1NC(=O)COC(=O)CCNC(=O)c1ccco1)c1ccccc1. The van der Waals surface area contributed by atoms with Gasteiger partial charge in [-0.1, -0.05) is 42.5 Å². The van der Waals surface area contributed by atoms with Gasteiger partial charge in [0.05, 0.1) is 30.0 Å². The number of nitrogens with one attached hydrogen (secondary N) is 3. The van der Waals surface area contributed by atoms with Gasteiger partial charge in [0.25, 0.3) is 17.7 Å². The Morgan fingerprint density at radius 2 is 1.65 bits per heavy atom. The number of furan rings is 1. The Morgan fingerprint density at radius 1 is 0.912 bits per heavy atom. The molecular weight excluding hydrogens is 438 g/mol. The van der Waals surface area contributed by atoms with Crippen molar-refractivity contribution in [3.05, 3.63) is 89.9 Å². The van der Waals surface area contributed by atoms with Gasteiger partial charge in [0, 0.05) is 6.54 Å². The summed E-state index contributed by atoms with van der Waals surface area (Å²) in [5.74, 6) is -1.92. The Morgan fingerprint density at radius 3 is 2.38 bits per heavy atom. The van der Waals surface area contributed by atoms with Crippen LogP contribution in [0.25, 0.3) is 0 Å². The smallest absolute Gasteiger partial charge is 0.308 e. The van der Waals surface area contributed by atoms with Crippen molar-refractivity contribution in [3.8, 4) is 0 Å². The molecule has 0 bridgehead atoms. The highest BCUT2D eigenvalue weighted by atomic mass is 16.5. The minimum Gasteiger partial charge on any atom is -0.459 e. The Hall–Kier alpha value is -4.40. The largest absolute Gasteiger partial charge is 0.459 e. The molecule has 3 N–H and O–H groups in total. The second-order valence-electron chi connectivity index (χ2n) is 7.34. The van der Waals surface area contributed by atoms with E-state index >= 15 is 0 Å². The van der Waals surface area contributed by atoms with Gasteiger partial charge >= 0.3 is 5.97 Å². The third-order valence-corrected chi connectivity index (χ3v) is 4.82. The molecular formula is C25H25N3O6. The quantitative estimate of drug-likeness (QED) is 0.397. The minimum absolute atomic E-state index is 0.0303. The number of amides is 3. The molecule has 1 unspecified atom stereocenters. The van der Waals surface area contributed by atoms with E-state index in [0.29, 0.717) is 5.69 Å². The van der Waals surface area contributed by atoms with E-state index in [1.54, 1.807) is 30.3 Å². The van der Waals surface area contributed by atoms with Crippen molar-refractivity contribution in [2.24, 2.45) is 0 Å². The third-order valence-electron chi connectivity index (χ3n) is 4.82. The van der Waals surface area contributed by atoms with E-state index in [-0.39, 0.29) is 36.2 Å². The number of hydrogen-bond donors (Lipinski definition) is 3. The summed E-state index contributed by atoms with van der Waals surface area (Å²) in [6.07, 6.45) is 1.25. The fraction of sp³-hybridized carbons (Fsp3) is 0.200. The molecule has 0 radical (unpaired) electrons. The number of esters is 1. The van der Waals surface area contributed by atoms with Gasteiger partial charge in [0.2, 0.25) is 0 Å². The lowest BCUT2D eigenvalue weighted by atomic mass is 10.1. The van der Waals surface area contributed by atoms with Gasteiger partial charge in [0.1, 0.15) is 0 Å². The van der Waals surface area contributed by atoms with E-state index < -0.39 is 24.4 Å². The predicted molar refractivity (Wildman–Crippen MR) is 124 cm³/mol. The molecule has 1 aromatic heterocycles. The van der Waals surface area contributed by atoms with Gasteiger partial charge in [-0.2, -0.15) is 0 Å². The van der Waals surface area contributed by atoms with Crippen LogP contribution >= 0.6 is 0 Å². The first-order chi connectivity index (χ1) is 16.4. The molecule has 2 aromatic carbocycles. The van der Waals surface area contributed by atoms with Gasteiger partial charge in [-0.25, -0.2) is 0 Å². The first-order valence-electron chi connectivity index (χ1n) is 10.7. The van der Waals surface area contributed by atoms with Crippen LogP contribution in [0.4, 0.5) is 5.69 Å². The topological polar surface area (TPSA) is 127 Å². The van der Waals surface area contributed by atoms with Crippen molar-refractivity contribution >= 4 is 29.4 Å². The van der Waals surface area contributed by atoms with E-state index in [2.05, 4.69) is 16.0 Å². The molecule has 3 aromatic rings. The molecule has 0 aliphatic heterocycles. The molecule has 0 aliphatic carbocycles. The average molecular weight is 463 g/mol. The van der Waals surface area contributed by atoms with Crippen molar-refractivity contribution in [2.75, 3.05) is 18.5 Å². The lowest BCUT2D eigenvalue weighted by Gasteiger charge is -2.16. The number of ether oxygens (including phenoxy) is 1. The zero-order chi connectivity index (χ0) is 24.3. The van der Waals surface area contributed by atoms with Crippen molar-refractivity contribution in [3.63, 3.8) is 0 Å². The molecule has 0 spiro atoms. The first kappa shape index (κ1) is 24.2. The summed E-state index contributed by atoms with van der Waals surface area (Å²) in [6, 6.07) is 18.9. The molecule has 0 aliphatic rings. The van der Waals surface area contributed by atoms with Gasteiger partial charge in [-0.05, 0) is 36.8 Å². The number of carbonyl (C=O) groups is 4. The molecule has 9 nitrogen and oxygen atoms in total. The standard InChI is InChI=1S/C25H25N3O6/c1-17(18-8-3-2-4-9-18)27-24(31)19-10-5-6-11-20(19)28-22(29)16-34-23(30)13-14-26-25(32)21-12-7-15-33-21/h2-12,15,17H,13-14,16H2,1H3,(H,26,32)(H,27,31)(H,28,29). The zero-order valence-electron chi connectivity index (χ0n) is 18.6. The van der Waals surface area contributed by atoms with E-state index in [9.17, 15) is 19.2 Å². The number of carbonyl (C=O) groups excluding carboxylic acids is 4. The van der Waals surface area contributed by atoms with E-state index in [4.69, 9.17) is 9.15 Å². The monoisotopic (exact) mass is 463 g/mol. The maximum absolute atomic E-state index is 12.8. The molecule has 34 heavy (non-hydrogen) atoms. The minimum atomic E-state index is -0.655. The Kier molecular flexibility index (Phi) is 8.56. The summed E-state index contributed by atoms with van der Waals surface area (Å²) in [6.45, 7) is 1.37. The van der Waals surface area contributed by atoms with Crippen LogP contribution in [0.5, 0.6) is 0 Å². The van der Waals surface area contributed by atoms with Crippen LogP contribution < -0.4 is 16.0 Å². The van der Waals surface area contributed by atoms with E-state index in [0.717, 1.165) is 5.56 Å². The van der Waals surface area contributed by atoms with Crippen molar-refractivity contribution in [1.82, 2.24) is 10.6 Å². The second-order valence-corrected chi connectivity index (χ2v) is 7.34. The van der Waals surface area contributed by atoms with Crippen LogP contribution in [-0.2, 0) is 14.3 Å². The summed E-state index contributed by atoms with van der Waals surface area (Å²) in [7, 11) is 0. The highest BCUT2D eigenvalue weighted by Crippen LogP contribution is 2.18. The van der Waals surface area contributed by atoms with Crippen LogP contribution in [0, 0.1) is 0 Å². The fourth-order valence-corrected chi connectivity index (χ4v) is 3.07. The predicted octanol–water partition coefficient (Wildman–Crippen LogP) is 3.07. The summed E-state index contributed by atoms with van der Waals surface area (Å²) >= 11 is 0. The molecule has 3 rings (SSSR count). The highest BCUT2D eigenvalue weighted by Gasteiger charge is 2.17. The average Bonchev–Trinajstić information content (AvgIpc) is 3.39. The number of anilines is 1. The molecule has 1 heterocycles. The Bertz CT molecular complexity index is 1130.